The summed E-state index contributed by atoms with van der Waals surface area (Å²) in [6, 6.07) is 5.56. The molecule has 0 amide bonds. The van der Waals surface area contributed by atoms with E-state index in [1.165, 1.54) is 25.7 Å². The third-order valence-corrected chi connectivity index (χ3v) is 4.01. The van der Waals surface area contributed by atoms with Crippen LogP contribution < -0.4 is 4.74 Å². The Morgan fingerprint density at radius 2 is 2.11 bits per heavy atom. The minimum absolute atomic E-state index is 0.291. The molecule has 1 saturated carbocycles. The van der Waals surface area contributed by atoms with Crippen molar-refractivity contribution in [1.82, 2.24) is 0 Å². The predicted molar refractivity (Wildman–Crippen MR) is 74.3 cm³/mol. The van der Waals surface area contributed by atoms with Crippen LogP contribution in [0.15, 0.2) is 18.2 Å². The molecular weight excluding hydrogens is 248 g/mol. The van der Waals surface area contributed by atoms with E-state index in [2.05, 4.69) is 0 Å². The Bertz CT molecular complexity index is 386. The number of aliphatic hydroxyl groups excluding tert-OH is 1. The van der Waals surface area contributed by atoms with Crippen LogP contribution in [0, 0.1) is 5.92 Å². The first-order valence-corrected chi connectivity index (χ1v) is 7.07. The lowest BCUT2D eigenvalue weighted by molar-refractivity contribution is 0.142. The lowest BCUT2D eigenvalue weighted by atomic mass is 9.95. The molecule has 18 heavy (non-hydrogen) atoms. The summed E-state index contributed by atoms with van der Waals surface area (Å²) in [6.07, 6.45) is 6.40. The van der Waals surface area contributed by atoms with Crippen LogP contribution in [0.5, 0.6) is 5.75 Å². The van der Waals surface area contributed by atoms with Gasteiger partial charge in [-0.1, -0.05) is 37.3 Å². The summed E-state index contributed by atoms with van der Waals surface area (Å²) in [5, 5.41) is 10.9. The Labute approximate surface area is 114 Å². The maximum Gasteiger partial charge on any atom is 0.122 e. The summed E-state index contributed by atoms with van der Waals surface area (Å²) < 4.78 is 5.30. The van der Waals surface area contributed by atoms with Crippen LogP contribution >= 0.6 is 11.6 Å². The Balaban J connectivity index is 1.96. The van der Waals surface area contributed by atoms with Crippen LogP contribution in [0.25, 0.3) is 0 Å². The van der Waals surface area contributed by atoms with E-state index in [4.69, 9.17) is 16.3 Å². The molecular formula is C15H21ClO2. The van der Waals surface area contributed by atoms with Crippen molar-refractivity contribution in [3.05, 3.63) is 28.8 Å². The topological polar surface area (TPSA) is 29.5 Å². The van der Waals surface area contributed by atoms with Crippen molar-refractivity contribution in [2.75, 3.05) is 7.11 Å². The van der Waals surface area contributed by atoms with E-state index in [0.717, 1.165) is 17.7 Å². The van der Waals surface area contributed by atoms with Gasteiger partial charge in [-0.25, -0.2) is 0 Å². The first-order chi connectivity index (χ1) is 8.69. The highest BCUT2D eigenvalue weighted by molar-refractivity contribution is 6.30. The molecule has 1 aliphatic rings. The van der Waals surface area contributed by atoms with Gasteiger partial charge in [-0.2, -0.15) is 0 Å². The Morgan fingerprint density at radius 1 is 1.39 bits per heavy atom. The number of halogens is 1. The largest absolute Gasteiger partial charge is 0.496 e. The third-order valence-electron chi connectivity index (χ3n) is 3.78. The Hall–Kier alpha value is -0.730. The quantitative estimate of drug-likeness (QED) is 0.879. The van der Waals surface area contributed by atoms with Gasteiger partial charge in [0.15, 0.2) is 0 Å². The van der Waals surface area contributed by atoms with E-state index in [1.54, 1.807) is 7.11 Å². The second-order valence-electron chi connectivity index (χ2n) is 5.20. The van der Waals surface area contributed by atoms with Gasteiger partial charge in [0.05, 0.1) is 13.2 Å². The smallest absolute Gasteiger partial charge is 0.122 e. The molecule has 0 saturated heterocycles. The molecule has 1 aliphatic carbocycles. The zero-order chi connectivity index (χ0) is 13.0. The number of hydrogen-bond acceptors (Lipinski definition) is 2. The van der Waals surface area contributed by atoms with Crippen molar-refractivity contribution in [3.63, 3.8) is 0 Å². The summed E-state index contributed by atoms with van der Waals surface area (Å²) in [6.45, 7) is 0. The van der Waals surface area contributed by atoms with Crippen molar-refractivity contribution in [1.29, 1.82) is 0 Å². The molecule has 0 radical (unpaired) electrons. The molecule has 0 heterocycles. The zero-order valence-corrected chi connectivity index (χ0v) is 11.6. The fraction of sp³-hybridized carbons (Fsp3) is 0.600. The lowest BCUT2D eigenvalue weighted by Crippen LogP contribution is -2.15. The summed E-state index contributed by atoms with van der Waals surface area (Å²) in [5.41, 5.74) is 0.996. The maximum atomic E-state index is 10.2. The zero-order valence-electron chi connectivity index (χ0n) is 10.9. The molecule has 1 fully saturated rings. The lowest BCUT2D eigenvalue weighted by Gasteiger charge is -2.17. The molecule has 1 atom stereocenters. The van der Waals surface area contributed by atoms with Crippen molar-refractivity contribution < 1.29 is 9.84 Å². The number of benzene rings is 1. The van der Waals surface area contributed by atoms with Crippen molar-refractivity contribution in [3.8, 4) is 5.75 Å². The van der Waals surface area contributed by atoms with Crippen LogP contribution in [0.1, 0.15) is 37.7 Å². The van der Waals surface area contributed by atoms with E-state index in [9.17, 15) is 5.11 Å². The summed E-state index contributed by atoms with van der Waals surface area (Å²) >= 11 is 5.99. The van der Waals surface area contributed by atoms with E-state index in [-0.39, 0.29) is 6.10 Å². The number of methoxy groups -OCH3 is 1. The van der Waals surface area contributed by atoms with Crippen LogP contribution in [0.3, 0.4) is 0 Å². The van der Waals surface area contributed by atoms with Crippen molar-refractivity contribution in [2.24, 2.45) is 5.92 Å². The molecule has 3 heteroatoms. The molecule has 2 nitrogen and oxygen atoms in total. The number of aliphatic hydroxyl groups is 1. The minimum Gasteiger partial charge on any atom is -0.496 e. The first kappa shape index (κ1) is 13.7. The molecule has 100 valence electrons. The number of ether oxygens (including phenoxy) is 1. The standard InChI is InChI=1S/C15H21ClO2/c1-18-15-7-6-13(16)9-12(15)10-14(17)8-11-4-2-3-5-11/h6-7,9,11,14,17H,2-5,8,10H2,1H3. The van der Waals surface area contributed by atoms with Gasteiger partial charge in [0.25, 0.3) is 0 Å². The van der Waals surface area contributed by atoms with Gasteiger partial charge in [-0.3, -0.25) is 0 Å². The second-order valence-corrected chi connectivity index (χ2v) is 5.64. The molecule has 1 aromatic carbocycles. The van der Waals surface area contributed by atoms with Crippen LogP contribution in [0.4, 0.5) is 0 Å². The number of rotatable bonds is 5. The SMILES string of the molecule is COc1ccc(Cl)cc1CC(O)CC1CCCC1. The molecule has 1 aromatic rings. The van der Waals surface area contributed by atoms with Gasteiger partial charge in [0, 0.05) is 11.4 Å². The Morgan fingerprint density at radius 3 is 2.78 bits per heavy atom. The second kappa shape index (κ2) is 6.44. The van der Waals surface area contributed by atoms with Gasteiger partial charge in [0.2, 0.25) is 0 Å². The Kier molecular flexibility index (Phi) is 4.90. The highest BCUT2D eigenvalue weighted by Crippen LogP contribution is 2.30. The third kappa shape index (κ3) is 3.63. The maximum absolute atomic E-state index is 10.2. The molecule has 0 bridgehead atoms. The summed E-state index contributed by atoms with van der Waals surface area (Å²) in [5.74, 6) is 1.51. The van der Waals surface area contributed by atoms with Gasteiger partial charge < -0.3 is 9.84 Å². The molecule has 0 aliphatic heterocycles. The molecule has 2 rings (SSSR count). The number of hydrogen-bond donors (Lipinski definition) is 1. The van der Waals surface area contributed by atoms with E-state index in [0.29, 0.717) is 17.4 Å². The first-order valence-electron chi connectivity index (χ1n) is 6.69. The van der Waals surface area contributed by atoms with Crippen LogP contribution in [-0.2, 0) is 6.42 Å². The van der Waals surface area contributed by atoms with Gasteiger partial charge in [-0.05, 0) is 36.1 Å². The molecule has 0 aromatic heterocycles. The van der Waals surface area contributed by atoms with Crippen LogP contribution in [-0.4, -0.2) is 18.3 Å². The van der Waals surface area contributed by atoms with Crippen molar-refractivity contribution in [2.45, 2.75) is 44.6 Å². The highest BCUT2D eigenvalue weighted by atomic mass is 35.5. The molecule has 0 spiro atoms. The van der Waals surface area contributed by atoms with Gasteiger partial charge in [0.1, 0.15) is 5.75 Å². The fourth-order valence-corrected chi connectivity index (χ4v) is 3.07. The summed E-state index contributed by atoms with van der Waals surface area (Å²) in [4.78, 5) is 0. The van der Waals surface area contributed by atoms with Crippen molar-refractivity contribution >= 4 is 11.6 Å². The van der Waals surface area contributed by atoms with E-state index >= 15 is 0 Å². The normalized spacial score (nSPS) is 17.9. The molecule has 1 N–H and O–H groups in total. The predicted octanol–water partition coefficient (Wildman–Crippen LogP) is 3.83. The van der Waals surface area contributed by atoms with E-state index < -0.39 is 0 Å². The van der Waals surface area contributed by atoms with E-state index in [1.807, 2.05) is 18.2 Å². The summed E-state index contributed by atoms with van der Waals surface area (Å²) in [7, 11) is 1.65. The molecule has 1 unspecified atom stereocenters. The monoisotopic (exact) mass is 268 g/mol. The van der Waals surface area contributed by atoms with Crippen LogP contribution in [0.2, 0.25) is 5.02 Å². The van der Waals surface area contributed by atoms with Gasteiger partial charge >= 0.3 is 0 Å². The average Bonchev–Trinajstić information content (AvgIpc) is 2.82. The minimum atomic E-state index is -0.291. The van der Waals surface area contributed by atoms with Gasteiger partial charge in [-0.15, -0.1) is 0 Å². The highest BCUT2D eigenvalue weighted by Gasteiger charge is 2.20. The fourth-order valence-electron chi connectivity index (χ4n) is 2.87. The average molecular weight is 269 g/mol.